The first-order valence-electron chi connectivity index (χ1n) is 4.34. The van der Waals surface area contributed by atoms with Gasteiger partial charge >= 0.3 is 0 Å². The first kappa shape index (κ1) is 7.86. The Morgan fingerprint density at radius 3 is 3.00 bits per heavy atom. The van der Waals surface area contributed by atoms with Gasteiger partial charge in [0.15, 0.2) is 0 Å². The summed E-state index contributed by atoms with van der Waals surface area (Å²) in [6, 6.07) is 0.338. The number of hydrogen-bond donors (Lipinski definition) is 1. The molecule has 68 valence electrons. The number of hydrogen-bond acceptors (Lipinski definition) is 4. The first-order valence-corrected chi connectivity index (χ1v) is 4.34. The fourth-order valence-corrected chi connectivity index (χ4v) is 1.86. The van der Waals surface area contributed by atoms with Crippen LogP contribution in [0, 0.1) is 0 Å². The van der Waals surface area contributed by atoms with Gasteiger partial charge in [-0.25, -0.2) is 4.99 Å². The monoisotopic (exact) mass is 170 g/mol. The summed E-state index contributed by atoms with van der Waals surface area (Å²) < 4.78 is 10.5. The molecule has 0 radical (unpaired) electrons. The Balaban J connectivity index is 1.87. The molecule has 0 unspecified atom stereocenters. The molecule has 12 heavy (non-hydrogen) atoms. The van der Waals surface area contributed by atoms with Crippen molar-refractivity contribution in [3.63, 3.8) is 0 Å². The summed E-state index contributed by atoms with van der Waals surface area (Å²) in [5, 5.41) is 0. The molecule has 4 nitrogen and oxygen atoms in total. The number of nitrogens with zero attached hydrogens (tertiary/aromatic N) is 1. The third-order valence-corrected chi connectivity index (χ3v) is 2.45. The quantitative estimate of drug-likeness (QED) is 0.647. The van der Waals surface area contributed by atoms with Gasteiger partial charge in [-0.3, -0.25) is 0 Å². The molecular weight excluding hydrogens is 156 g/mol. The normalized spacial score (nSPS) is 39.1. The van der Waals surface area contributed by atoms with E-state index in [1.165, 1.54) is 0 Å². The molecule has 0 aromatic heterocycles. The van der Waals surface area contributed by atoms with Crippen molar-refractivity contribution in [2.75, 3.05) is 13.2 Å². The SMILES string of the molecule is CCOC1CC2(COC(N)=N2)C1. The van der Waals surface area contributed by atoms with Crippen LogP contribution in [0.25, 0.3) is 0 Å². The summed E-state index contributed by atoms with van der Waals surface area (Å²) >= 11 is 0. The molecule has 0 aromatic carbocycles. The molecule has 0 atom stereocenters. The van der Waals surface area contributed by atoms with E-state index in [4.69, 9.17) is 15.2 Å². The van der Waals surface area contributed by atoms with Crippen molar-refractivity contribution in [2.45, 2.75) is 31.4 Å². The largest absolute Gasteiger partial charge is 0.463 e. The zero-order chi connectivity index (χ0) is 8.60. The Hall–Kier alpha value is -0.770. The second kappa shape index (κ2) is 2.62. The lowest BCUT2D eigenvalue weighted by atomic mass is 9.75. The molecule has 4 heteroatoms. The Labute approximate surface area is 71.7 Å². The molecular formula is C8H14N2O2. The Kier molecular flexibility index (Phi) is 1.72. The van der Waals surface area contributed by atoms with E-state index < -0.39 is 0 Å². The summed E-state index contributed by atoms with van der Waals surface area (Å²) in [5.74, 6) is 0. The van der Waals surface area contributed by atoms with Crippen LogP contribution in [0.1, 0.15) is 19.8 Å². The van der Waals surface area contributed by atoms with Gasteiger partial charge in [0.25, 0.3) is 6.02 Å². The molecule has 1 heterocycles. The summed E-state index contributed by atoms with van der Waals surface area (Å²) in [4.78, 5) is 4.25. The van der Waals surface area contributed by atoms with Gasteiger partial charge in [-0.1, -0.05) is 0 Å². The van der Waals surface area contributed by atoms with Crippen molar-refractivity contribution in [3.8, 4) is 0 Å². The maximum absolute atomic E-state index is 5.43. The fourth-order valence-electron chi connectivity index (χ4n) is 1.86. The van der Waals surface area contributed by atoms with Crippen molar-refractivity contribution in [1.82, 2.24) is 0 Å². The molecule has 2 rings (SSSR count). The standard InChI is InChI=1S/C8H14N2O2/c1-2-11-6-3-8(4-6)5-12-7(9)10-8/h6H,2-5H2,1H3,(H2,9,10). The van der Waals surface area contributed by atoms with E-state index in [0.717, 1.165) is 19.4 Å². The predicted molar refractivity (Wildman–Crippen MR) is 45.0 cm³/mol. The highest BCUT2D eigenvalue weighted by Gasteiger charge is 2.48. The van der Waals surface area contributed by atoms with E-state index in [1.807, 2.05) is 6.92 Å². The molecule has 1 spiro atoms. The van der Waals surface area contributed by atoms with Crippen LogP contribution in [0.2, 0.25) is 0 Å². The third kappa shape index (κ3) is 1.16. The second-order valence-electron chi connectivity index (χ2n) is 3.45. The van der Waals surface area contributed by atoms with Crippen LogP contribution in [0.3, 0.4) is 0 Å². The van der Waals surface area contributed by atoms with E-state index in [-0.39, 0.29) is 5.54 Å². The molecule has 1 saturated carbocycles. The van der Waals surface area contributed by atoms with Crippen LogP contribution in [0.15, 0.2) is 4.99 Å². The molecule has 1 aliphatic carbocycles. The van der Waals surface area contributed by atoms with Gasteiger partial charge < -0.3 is 15.2 Å². The average Bonchev–Trinajstić information content (AvgIpc) is 2.31. The lowest BCUT2D eigenvalue weighted by Crippen LogP contribution is -2.48. The average molecular weight is 170 g/mol. The minimum absolute atomic E-state index is 0.0239. The summed E-state index contributed by atoms with van der Waals surface area (Å²) in [7, 11) is 0. The lowest BCUT2D eigenvalue weighted by Gasteiger charge is -2.40. The highest BCUT2D eigenvalue weighted by molar-refractivity contribution is 5.74. The first-order chi connectivity index (χ1) is 5.74. The Morgan fingerprint density at radius 1 is 1.75 bits per heavy atom. The van der Waals surface area contributed by atoms with Gasteiger partial charge in [-0.2, -0.15) is 0 Å². The summed E-state index contributed by atoms with van der Waals surface area (Å²) in [5.41, 5.74) is 5.40. The molecule has 1 fully saturated rings. The maximum Gasteiger partial charge on any atom is 0.282 e. The van der Waals surface area contributed by atoms with Crippen molar-refractivity contribution in [2.24, 2.45) is 10.7 Å². The van der Waals surface area contributed by atoms with Crippen molar-refractivity contribution in [3.05, 3.63) is 0 Å². The number of aliphatic imine (C=N–C) groups is 1. The highest BCUT2D eigenvalue weighted by Crippen LogP contribution is 2.40. The van der Waals surface area contributed by atoms with Crippen LogP contribution in [-0.2, 0) is 9.47 Å². The predicted octanol–water partition coefficient (Wildman–Crippen LogP) is 0.269. The smallest absolute Gasteiger partial charge is 0.282 e. The van der Waals surface area contributed by atoms with E-state index in [1.54, 1.807) is 0 Å². The van der Waals surface area contributed by atoms with Crippen LogP contribution in [-0.4, -0.2) is 30.9 Å². The van der Waals surface area contributed by atoms with Gasteiger partial charge in [0.1, 0.15) is 12.1 Å². The van der Waals surface area contributed by atoms with Crippen LogP contribution >= 0.6 is 0 Å². The molecule has 0 amide bonds. The maximum atomic E-state index is 5.43. The fraction of sp³-hybridized carbons (Fsp3) is 0.875. The van der Waals surface area contributed by atoms with Crippen LogP contribution < -0.4 is 5.73 Å². The highest BCUT2D eigenvalue weighted by atomic mass is 16.5. The Morgan fingerprint density at radius 2 is 2.50 bits per heavy atom. The number of ether oxygens (including phenoxy) is 2. The summed E-state index contributed by atoms with van der Waals surface area (Å²) in [6.45, 7) is 3.43. The number of amidine groups is 1. The molecule has 2 aliphatic rings. The van der Waals surface area contributed by atoms with E-state index >= 15 is 0 Å². The topological polar surface area (TPSA) is 56.8 Å². The van der Waals surface area contributed by atoms with Crippen LogP contribution in [0.5, 0.6) is 0 Å². The number of nitrogens with two attached hydrogens (primary N) is 1. The van der Waals surface area contributed by atoms with Gasteiger partial charge in [0.2, 0.25) is 0 Å². The molecule has 0 saturated heterocycles. The second-order valence-corrected chi connectivity index (χ2v) is 3.45. The third-order valence-electron chi connectivity index (χ3n) is 2.45. The van der Waals surface area contributed by atoms with Crippen molar-refractivity contribution in [1.29, 1.82) is 0 Å². The minimum atomic E-state index is -0.0239. The zero-order valence-electron chi connectivity index (χ0n) is 7.25. The van der Waals surface area contributed by atoms with E-state index in [9.17, 15) is 0 Å². The molecule has 0 aromatic rings. The van der Waals surface area contributed by atoms with E-state index in [2.05, 4.69) is 4.99 Å². The van der Waals surface area contributed by atoms with E-state index in [0.29, 0.717) is 18.7 Å². The molecule has 1 aliphatic heterocycles. The van der Waals surface area contributed by atoms with Crippen molar-refractivity contribution < 1.29 is 9.47 Å². The molecule has 0 bridgehead atoms. The number of rotatable bonds is 2. The van der Waals surface area contributed by atoms with Gasteiger partial charge in [-0.15, -0.1) is 0 Å². The van der Waals surface area contributed by atoms with Gasteiger partial charge in [0, 0.05) is 19.4 Å². The molecule has 2 N–H and O–H groups in total. The summed E-state index contributed by atoms with van der Waals surface area (Å²) in [6.07, 6.45) is 2.29. The Bertz CT molecular complexity index is 209. The van der Waals surface area contributed by atoms with Gasteiger partial charge in [-0.05, 0) is 6.92 Å². The lowest BCUT2D eigenvalue weighted by molar-refractivity contribution is -0.0425. The zero-order valence-corrected chi connectivity index (χ0v) is 7.25. The van der Waals surface area contributed by atoms with Gasteiger partial charge in [0.05, 0.1) is 6.10 Å². The van der Waals surface area contributed by atoms with Crippen LogP contribution in [0.4, 0.5) is 0 Å². The minimum Gasteiger partial charge on any atom is -0.463 e. The van der Waals surface area contributed by atoms with Crippen molar-refractivity contribution >= 4 is 6.02 Å².